The van der Waals surface area contributed by atoms with Crippen molar-refractivity contribution in [1.82, 2.24) is 0 Å². The minimum atomic E-state index is -1.21. The number of carbonyl (C=O) groups is 1. The Labute approximate surface area is 106 Å². The van der Waals surface area contributed by atoms with Crippen LogP contribution in [-0.4, -0.2) is 30.2 Å². The highest BCUT2D eigenvalue weighted by atomic mass is 19.1. The van der Waals surface area contributed by atoms with Gasteiger partial charge < -0.3 is 15.7 Å². The monoisotopic (exact) mass is 254 g/mol. The highest BCUT2D eigenvalue weighted by molar-refractivity contribution is 5.77. The molecule has 0 saturated heterocycles. The topological polar surface area (TPSA) is 66.6 Å². The van der Waals surface area contributed by atoms with Gasteiger partial charge in [-0.3, -0.25) is 4.79 Å². The molecule has 0 saturated carbocycles. The van der Waals surface area contributed by atoms with Crippen molar-refractivity contribution in [3.05, 3.63) is 30.1 Å². The summed E-state index contributed by atoms with van der Waals surface area (Å²) in [5.41, 5.74) is 5.19. The molecule has 3 N–H and O–H groups in total. The van der Waals surface area contributed by atoms with E-state index in [1.165, 1.54) is 19.1 Å². The first kappa shape index (κ1) is 14.4. The van der Waals surface area contributed by atoms with E-state index in [1.54, 1.807) is 6.07 Å². The first-order valence-electron chi connectivity index (χ1n) is 5.82. The van der Waals surface area contributed by atoms with Gasteiger partial charge in [-0.05, 0) is 38.0 Å². The lowest BCUT2D eigenvalue weighted by Crippen LogP contribution is -2.45. The number of halogens is 1. The van der Waals surface area contributed by atoms with Crippen LogP contribution in [0.1, 0.15) is 19.8 Å². The molecule has 0 aliphatic rings. The molecular weight excluding hydrogens is 235 g/mol. The van der Waals surface area contributed by atoms with Crippen LogP contribution in [0.15, 0.2) is 24.3 Å². The van der Waals surface area contributed by atoms with Gasteiger partial charge in [-0.15, -0.1) is 0 Å². The van der Waals surface area contributed by atoms with Gasteiger partial charge >= 0.3 is 5.97 Å². The number of hydrogen-bond acceptors (Lipinski definition) is 3. The van der Waals surface area contributed by atoms with E-state index in [0.29, 0.717) is 19.4 Å². The van der Waals surface area contributed by atoms with Crippen LogP contribution >= 0.6 is 0 Å². The zero-order valence-corrected chi connectivity index (χ0v) is 10.7. The number of aliphatic carboxylic acids is 1. The molecule has 4 nitrogen and oxygen atoms in total. The third kappa shape index (κ3) is 4.00. The van der Waals surface area contributed by atoms with Crippen molar-refractivity contribution in [1.29, 1.82) is 0 Å². The van der Waals surface area contributed by atoms with Crippen LogP contribution in [0.3, 0.4) is 0 Å². The first-order valence-corrected chi connectivity index (χ1v) is 5.82. The van der Waals surface area contributed by atoms with Gasteiger partial charge in [0.05, 0.1) is 0 Å². The standard InChI is InChI=1S/C13H19FN2O2/c1-13(15,12(17)18)7-4-8-16(2)11-6-3-5-10(14)9-11/h3,5-6,9H,4,7-8,15H2,1-2H3,(H,17,18). The Kier molecular flexibility index (Phi) is 4.67. The summed E-state index contributed by atoms with van der Waals surface area (Å²) in [5.74, 6) is -1.29. The normalized spacial score (nSPS) is 14.0. The van der Waals surface area contributed by atoms with Gasteiger partial charge in [0.1, 0.15) is 11.4 Å². The second-order valence-corrected chi connectivity index (χ2v) is 4.73. The molecule has 0 heterocycles. The Morgan fingerprint density at radius 3 is 2.78 bits per heavy atom. The zero-order valence-electron chi connectivity index (χ0n) is 10.7. The van der Waals surface area contributed by atoms with Crippen molar-refractivity contribution in [3.8, 4) is 0 Å². The fourth-order valence-electron chi connectivity index (χ4n) is 1.63. The van der Waals surface area contributed by atoms with E-state index in [1.807, 2.05) is 18.0 Å². The van der Waals surface area contributed by atoms with Crippen LogP contribution in [0.2, 0.25) is 0 Å². The summed E-state index contributed by atoms with van der Waals surface area (Å²) in [6.45, 7) is 2.13. The number of nitrogens with two attached hydrogens (primary N) is 1. The van der Waals surface area contributed by atoms with Crippen LogP contribution in [-0.2, 0) is 4.79 Å². The van der Waals surface area contributed by atoms with E-state index in [-0.39, 0.29) is 5.82 Å². The lowest BCUT2D eigenvalue weighted by molar-refractivity contribution is -0.142. The van der Waals surface area contributed by atoms with Gasteiger partial charge in [-0.2, -0.15) is 0 Å². The lowest BCUT2D eigenvalue weighted by atomic mass is 9.97. The molecule has 100 valence electrons. The molecule has 1 atom stereocenters. The van der Waals surface area contributed by atoms with Crippen molar-refractivity contribution in [2.45, 2.75) is 25.3 Å². The van der Waals surface area contributed by atoms with E-state index < -0.39 is 11.5 Å². The molecule has 1 rings (SSSR count). The summed E-state index contributed by atoms with van der Waals surface area (Å²) in [6, 6.07) is 6.28. The van der Waals surface area contributed by atoms with E-state index >= 15 is 0 Å². The van der Waals surface area contributed by atoms with Gasteiger partial charge in [0.25, 0.3) is 0 Å². The average Bonchev–Trinajstić information content (AvgIpc) is 2.28. The third-order valence-corrected chi connectivity index (χ3v) is 2.93. The number of carboxylic acids is 1. The summed E-state index contributed by atoms with van der Waals surface area (Å²) in [6.07, 6.45) is 1.01. The van der Waals surface area contributed by atoms with E-state index in [9.17, 15) is 9.18 Å². The van der Waals surface area contributed by atoms with Crippen molar-refractivity contribution in [2.24, 2.45) is 5.73 Å². The van der Waals surface area contributed by atoms with Gasteiger partial charge in [0.15, 0.2) is 0 Å². The zero-order chi connectivity index (χ0) is 13.8. The van der Waals surface area contributed by atoms with Crippen molar-refractivity contribution >= 4 is 11.7 Å². The molecule has 0 bridgehead atoms. The molecule has 5 heteroatoms. The first-order chi connectivity index (χ1) is 8.33. The summed E-state index contributed by atoms with van der Waals surface area (Å²) in [5, 5.41) is 8.87. The SMILES string of the molecule is CN(CCCC(C)(N)C(=O)O)c1cccc(F)c1. The molecule has 0 spiro atoms. The second-order valence-electron chi connectivity index (χ2n) is 4.73. The maximum Gasteiger partial charge on any atom is 0.323 e. The quantitative estimate of drug-likeness (QED) is 0.813. The lowest BCUT2D eigenvalue weighted by Gasteiger charge is -2.23. The maximum absolute atomic E-state index is 13.0. The molecule has 0 aliphatic heterocycles. The van der Waals surface area contributed by atoms with Gasteiger partial charge in [-0.1, -0.05) is 6.07 Å². The minimum Gasteiger partial charge on any atom is -0.480 e. The van der Waals surface area contributed by atoms with Crippen LogP contribution in [0.4, 0.5) is 10.1 Å². The van der Waals surface area contributed by atoms with Crippen LogP contribution in [0, 0.1) is 5.82 Å². The van der Waals surface area contributed by atoms with Crippen molar-refractivity contribution in [3.63, 3.8) is 0 Å². The summed E-state index contributed by atoms with van der Waals surface area (Å²) >= 11 is 0. The van der Waals surface area contributed by atoms with Crippen LogP contribution in [0.25, 0.3) is 0 Å². The fraction of sp³-hybridized carbons (Fsp3) is 0.462. The number of nitrogens with zero attached hydrogens (tertiary/aromatic N) is 1. The van der Waals surface area contributed by atoms with E-state index in [2.05, 4.69) is 0 Å². The Balaban J connectivity index is 2.47. The molecule has 0 aliphatic carbocycles. The molecule has 18 heavy (non-hydrogen) atoms. The van der Waals surface area contributed by atoms with Crippen molar-refractivity contribution < 1.29 is 14.3 Å². The number of rotatable bonds is 6. The number of benzene rings is 1. The fourth-order valence-corrected chi connectivity index (χ4v) is 1.63. The molecule has 0 amide bonds. The van der Waals surface area contributed by atoms with Gasteiger partial charge in [0, 0.05) is 19.3 Å². The van der Waals surface area contributed by atoms with Crippen molar-refractivity contribution in [2.75, 3.05) is 18.5 Å². The second kappa shape index (κ2) is 5.82. The minimum absolute atomic E-state index is 0.284. The Hall–Kier alpha value is -1.62. The summed E-state index contributed by atoms with van der Waals surface area (Å²) < 4.78 is 13.0. The highest BCUT2D eigenvalue weighted by Crippen LogP contribution is 2.16. The number of anilines is 1. The molecule has 1 aromatic rings. The average molecular weight is 254 g/mol. The largest absolute Gasteiger partial charge is 0.480 e. The Morgan fingerprint density at radius 1 is 1.56 bits per heavy atom. The predicted octanol–water partition coefficient (Wildman–Crippen LogP) is 1.84. The smallest absolute Gasteiger partial charge is 0.323 e. The third-order valence-electron chi connectivity index (χ3n) is 2.93. The number of hydrogen-bond donors (Lipinski definition) is 2. The summed E-state index contributed by atoms with van der Waals surface area (Å²) in [7, 11) is 1.84. The van der Waals surface area contributed by atoms with Crippen LogP contribution < -0.4 is 10.6 Å². The van der Waals surface area contributed by atoms with Gasteiger partial charge in [-0.25, -0.2) is 4.39 Å². The number of carboxylic acid groups (broad SMARTS) is 1. The molecule has 0 fully saturated rings. The molecular formula is C13H19FN2O2. The molecule has 0 aromatic heterocycles. The predicted molar refractivity (Wildman–Crippen MR) is 69.1 cm³/mol. The molecule has 1 unspecified atom stereocenters. The molecule has 1 aromatic carbocycles. The highest BCUT2D eigenvalue weighted by Gasteiger charge is 2.26. The summed E-state index contributed by atoms with van der Waals surface area (Å²) in [4.78, 5) is 12.7. The maximum atomic E-state index is 13.0. The Bertz CT molecular complexity index is 421. The Morgan fingerprint density at radius 2 is 2.22 bits per heavy atom. The van der Waals surface area contributed by atoms with E-state index in [0.717, 1.165) is 5.69 Å². The van der Waals surface area contributed by atoms with E-state index in [4.69, 9.17) is 10.8 Å². The molecule has 0 radical (unpaired) electrons. The van der Waals surface area contributed by atoms with Crippen LogP contribution in [0.5, 0.6) is 0 Å². The van der Waals surface area contributed by atoms with Gasteiger partial charge in [0.2, 0.25) is 0 Å².